The normalized spacial score (nSPS) is 10.6. The lowest BCUT2D eigenvalue weighted by Crippen LogP contribution is -2.17. The minimum absolute atomic E-state index is 0.0620. The molecule has 1 aromatic carbocycles. The fourth-order valence-electron chi connectivity index (χ4n) is 1.19. The molecule has 1 aromatic rings. The zero-order valence-corrected chi connectivity index (χ0v) is 8.81. The number of nitriles is 1. The molecule has 0 saturated heterocycles. The van der Waals surface area contributed by atoms with Crippen molar-refractivity contribution >= 4 is 5.91 Å². The summed E-state index contributed by atoms with van der Waals surface area (Å²) in [6.07, 6.45) is 2.18. The molecule has 4 heteroatoms. The number of hydrogen-bond donors (Lipinski definition) is 2. The number of carbonyl (C=O) groups excluding carboxylic acids is 1. The fraction of sp³-hybridized carbons (Fsp3) is 0.167. The van der Waals surface area contributed by atoms with E-state index in [0.717, 1.165) is 6.42 Å². The Morgan fingerprint density at radius 2 is 2.12 bits per heavy atom. The molecule has 0 fully saturated rings. The molecule has 16 heavy (non-hydrogen) atoms. The fourth-order valence-corrected chi connectivity index (χ4v) is 1.19. The molecule has 4 nitrogen and oxygen atoms in total. The van der Waals surface area contributed by atoms with Crippen LogP contribution in [0.5, 0.6) is 0 Å². The molecular weight excluding hydrogens is 202 g/mol. The Kier molecular flexibility index (Phi) is 4.61. The molecule has 1 rings (SSSR count). The second-order valence-corrected chi connectivity index (χ2v) is 3.22. The van der Waals surface area contributed by atoms with Crippen molar-refractivity contribution in [3.05, 3.63) is 47.7 Å². The number of hydrogen-bond acceptors (Lipinski definition) is 3. The van der Waals surface area contributed by atoms with E-state index in [2.05, 4.69) is 5.32 Å². The smallest absolute Gasteiger partial charge is 0.260 e. The summed E-state index contributed by atoms with van der Waals surface area (Å²) < 4.78 is 0. The first kappa shape index (κ1) is 11.8. The average molecular weight is 215 g/mol. The predicted molar refractivity (Wildman–Crippen MR) is 61.0 cm³/mol. The van der Waals surface area contributed by atoms with Crippen LogP contribution >= 0.6 is 0 Å². The third kappa shape index (κ3) is 3.84. The molecule has 82 valence electrons. The second kappa shape index (κ2) is 6.25. The molecule has 0 aliphatic heterocycles. The lowest BCUT2D eigenvalue weighted by Gasteiger charge is -2.01. The van der Waals surface area contributed by atoms with Crippen LogP contribution in [-0.4, -0.2) is 12.5 Å². The largest absolute Gasteiger partial charge is 0.389 e. The van der Waals surface area contributed by atoms with Crippen LogP contribution in [-0.2, 0) is 11.2 Å². The predicted octanol–water partition coefficient (Wildman–Crippen LogP) is 0.711. The van der Waals surface area contributed by atoms with Gasteiger partial charge < -0.3 is 11.1 Å². The number of rotatable bonds is 5. The summed E-state index contributed by atoms with van der Waals surface area (Å²) in [6.45, 7) is 0.655. The number of nitrogens with one attached hydrogen (secondary N) is 1. The van der Waals surface area contributed by atoms with Crippen molar-refractivity contribution in [2.24, 2.45) is 5.73 Å². The number of nitrogens with zero attached hydrogens (tertiary/aromatic N) is 1. The van der Waals surface area contributed by atoms with Gasteiger partial charge in [0.15, 0.2) is 0 Å². The van der Waals surface area contributed by atoms with Crippen LogP contribution in [0.4, 0.5) is 0 Å². The number of nitrogens with two attached hydrogens (primary N) is 1. The van der Waals surface area contributed by atoms with Gasteiger partial charge in [-0.1, -0.05) is 30.3 Å². The van der Waals surface area contributed by atoms with Gasteiger partial charge in [0.1, 0.15) is 11.6 Å². The molecule has 0 aromatic heterocycles. The van der Waals surface area contributed by atoms with Crippen molar-refractivity contribution in [2.75, 3.05) is 6.54 Å². The number of primary amides is 1. The highest BCUT2D eigenvalue weighted by atomic mass is 16.1. The van der Waals surface area contributed by atoms with Gasteiger partial charge >= 0.3 is 0 Å². The van der Waals surface area contributed by atoms with Gasteiger partial charge in [-0.2, -0.15) is 5.26 Å². The highest BCUT2D eigenvalue weighted by Crippen LogP contribution is 1.98. The van der Waals surface area contributed by atoms with E-state index >= 15 is 0 Å². The van der Waals surface area contributed by atoms with E-state index in [1.165, 1.54) is 11.8 Å². The van der Waals surface area contributed by atoms with Crippen molar-refractivity contribution < 1.29 is 4.79 Å². The highest BCUT2D eigenvalue weighted by Gasteiger charge is 2.01. The summed E-state index contributed by atoms with van der Waals surface area (Å²) in [7, 11) is 0. The van der Waals surface area contributed by atoms with Crippen LogP contribution in [0.3, 0.4) is 0 Å². The van der Waals surface area contributed by atoms with E-state index in [-0.39, 0.29) is 5.57 Å². The molecule has 0 spiro atoms. The third-order valence-electron chi connectivity index (χ3n) is 2.03. The zero-order valence-electron chi connectivity index (χ0n) is 8.81. The van der Waals surface area contributed by atoms with Gasteiger partial charge in [-0.15, -0.1) is 0 Å². The lowest BCUT2D eigenvalue weighted by molar-refractivity contribution is -0.114. The molecule has 0 unspecified atom stereocenters. The maximum atomic E-state index is 10.7. The van der Waals surface area contributed by atoms with E-state index in [9.17, 15) is 4.79 Å². The van der Waals surface area contributed by atoms with Gasteiger partial charge in [-0.25, -0.2) is 0 Å². The summed E-state index contributed by atoms with van der Waals surface area (Å²) in [4.78, 5) is 10.7. The molecular formula is C12H13N3O. The molecule has 1 amide bonds. The summed E-state index contributed by atoms with van der Waals surface area (Å²) in [6, 6.07) is 11.7. The van der Waals surface area contributed by atoms with Gasteiger partial charge in [0, 0.05) is 12.7 Å². The van der Waals surface area contributed by atoms with Crippen LogP contribution in [0.25, 0.3) is 0 Å². The van der Waals surface area contributed by atoms with Crippen molar-refractivity contribution in [3.8, 4) is 6.07 Å². The molecule has 0 heterocycles. The summed E-state index contributed by atoms with van der Waals surface area (Å²) in [5.74, 6) is -0.713. The average Bonchev–Trinajstić information content (AvgIpc) is 2.30. The molecule has 0 atom stereocenters. The van der Waals surface area contributed by atoms with Crippen LogP contribution in [0, 0.1) is 11.3 Å². The molecule has 0 aliphatic rings. The Hall–Kier alpha value is -2.28. The van der Waals surface area contributed by atoms with Crippen molar-refractivity contribution in [1.29, 1.82) is 5.26 Å². The minimum atomic E-state index is -0.713. The maximum absolute atomic E-state index is 10.7. The molecule has 3 N–H and O–H groups in total. The Morgan fingerprint density at radius 3 is 2.69 bits per heavy atom. The monoisotopic (exact) mass is 215 g/mol. The molecule has 0 radical (unpaired) electrons. The molecule has 0 saturated carbocycles. The van der Waals surface area contributed by atoms with Crippen LogP contribution < -0.4 is 11.1 Å². The number of carbonyl (C=O) groups is 1. The standard InChI is InChI=1S/C12H13N3O/c13-8-11(12(14)16)9-15-7-6-10-4-2-1-3-5-10/h1-5,9,15H,6-7H2,(H2,14,16)/b11-9+. The van der Waals surface area contributed by atoms with Crippen LogP contribution in [0.15, 0.2) is 42.1 Å². The summed E-state index contributed by atoms with van der Waals surface area (Å²) >= 11 is 0. The van der Waals surface area contributed by atoms with E-state index in [1.54, 1.807) is 6.07 Å². The number of amides is 1. The Balaban J connectivity index is 2.37. The topological polar surface area (TPSA) is 78.9 Å². The van der Waals surface area contributed by atoms with Crippen LogP contribution in [0.2, 0.25) is 0 Å². The highest BCUT2D eigenvalue weighted by molar-refractivity contribution is 5.95. The Morgan fingerprint density at radius 1 is 1.44 bits per heavy atom. The minimum Gasteiger partial charge on any atom is -0.389 e. The van der Waals surface area contributed by atoms with E-state index in [4.69, 9.17) is 11.0 Å². The Bertz CT molecular complexity index is 418. The van der Waals surface area contributed by atoms with E-state index in [0.29, 0.717) is 6.54 Å². The first-order valence-electron chi connectivity index (χ1n) is 4.91. The number of benzene rings is 1. The first-order chi connectivity index (χ1) is 7.74. The second-order valence-electron chi connectivity index (χ2n) is 3.22. The van der Waals surface area contributed by atoms with Gasteiger partial charge in [0.2, 0.25) is 0 Å². The lowest BCUT2D eigenvalue weighted by atomic mass is 10.1. The van der Waals surface area contributed by atoms with Crippen LogP contribution in [0.1, 0.15) is 5.56 Å². The van der Waals surface area contributed by atoms with E-state index in [1.807, 2.05) is 30.3 Å². The summed E-state index contributed by atoms with van der Waals surface area (Å²) in [5, 5.41) is 11.4. The van der Waals surface area contributed by atoms with Gasteiger partial charge in [0.25, 0.3) is 5.91 Å². The van der Waals surface area contributed by atoms with Crippen molar-refractivity contribution in [2.45, 2.75) is 6.42 Å². The van der Waals surface area contributed by atoms with Crippen molar-refractivity contribution in [1.82, 2.24) is 5.32 Å². The summed E-state index contributed by atoms with van der Waals surface area (Å²) in [5.41, 5.74) is 6.10. The van der Waals surface area contributed by atoms with Gasteiger partial charge in [-0.05, 0) is 12.0 Å². The van der Waals surface area contributed by atoms with Gasteiger partial charge in [0.05, 0.1) is 0 Å². The van der Waals surface area contributed by atoms with Gasteiger partial charge in [-0.3, -0.25) is 4.79 Å². The Labute approximate surface area is 94.4 Å². The van der Waals surface area contributed by atoms with Crippen molar-refractivity contribution in [3.63, 3.8) is 0 Å². The zero-order chi connectivity index (χ0) is 11.8. The van der Waals surface area contributed by atoms with E-state index < -0.39 is 5.91 Å². The quantitative estimate of drug-likeness (QED) is 0.431. The molecule has 0 bridgehead atoms. The SMILES string of the molecule is N#C/C(=C\NCCc1ccccc1)C(N)=O. The molecule has 0 aliphatic carbocycles. The first-order valence-corrected chi connectivity index (χ1v) is 4.91. The maximum Gasteiger partial charge on any atom is 0.260 e. The third-order valence-corrected chi connectivity index (χ3v) is 2.03.